The van der Waals surface area contributed by atoms with Gasteiger partial charge in [0.05, 0.1) is 18.1 Å². The van der Waals surface area contributed by atoms with Crippen molar-refractivity contribution < 1.29 is 9.53 Å². The number of amides is 1. The van der Waals surface area contributed by atoms with Crippen molar-refractivity contribution in [3.8, 4) is 5.75 Å². The van der Waals surface area contributed by atoms with Crippen molar-refractivity contribution in [2.45, 2.75) is 31.7 Å². The summed E-state index contributed by atoms with van der Waals surface area (Å²) in [4.78, 5) is 17.3. The molecule has 1 amide bonds. The van der Waals surface area contributed by atoms with Gasteiger partial charge in [0.2, 0.25) is 0 Å². The fraction of sp³-hybridized carbons (Fsp3) is 0.375. The maximum absolute atomic E-state index is 12.0. The highest BCUT2D eigenvalue weighted by Crippen LogP contribution is 2.30. The summed E-state index contributed by atoms with van der Waals surface area (Å²) in [6.07, 6.45) is 6.60. The van der Waals surface area contributed by atoms with Gasteiger partial charge in [-0.15, -0.1) is 0 Å². The first-order valence-electron chi connectivity index (χ1n) is 7.18. The normalized spacial score (nSPS) is 23.0. The Morgan fingerprint density at radius 2 is 2.10 bits per heavy atom. The van der Waals surface area contributed by atoms with Gasteiger partial charge in [-0.1, -0.05) is 31.0 Å². The standard InChI is InChI=1S/C16H18N2O2S/c1-20-13-9-5-2-6-11(13)10-14-15(19)18-16(21-14)17-12-7-3-4-8-12/h2,5-6,9-10,12H,3-4,7-8H2,1H3,(H,17,18,19). The summed E-state index contributed by atoms with van der Waals surface area (Å²) in [5.74, 6) is 0.683. The number of ether oxygens (including phenoxy) is 1. The number of hydrogen-bond acceptors (Lipinski definition) is 4. The molecule has 3 rings (SSSR count). The van der Waals surface area contributed by atoms with Crippen molar-refractivity contribution >= 4 is 28.9 Å². The van der Waals surface area contributed by atoms with E-state index in [1.165, 1.54) is 24.6 Å². The molecule has 0 aromatic heterocycles. The van der Waals surface area contributed by atoms with Crippen LogP contribution in [-0.4, -0.2) is 24.2 Å². The van der Waals surface area contributed by atoms with Crippen LogP contribution in [0.5, 0.6) is 5.75 Å². The largest absolute Gasteiger partial charge is 0.496 e. The third-order valence-corrected chi connectivity index (χ3v) is 4.62. The first-order valence-corrected chi connectivity index (χ1v) is 7.99. The molecular weight excluding hydrogens is 284 g/mol. The minimum Gasteiger partial charge on any atom is -0.496 e. The summed E-state index contributed by atoms with van der Waals surface area (Å²) < 4.78 is 5.31. The Balaban J connectivity index is 1.79. The SMILES string of the molecule is COc1ccccc1C=C1SC(=NC2CCCC2)NC1=O. The Labute approximate surface area is 128 Å². The highest BCUT2D eigenvalue weighted by atomic mass is 32.2. The van der Waals surface area contributed by atoms with Crippen molar-refractivity contribution in [2.75, 3.05) is 7.11 Å². The number of methoxy groups -OCH3 is 1. The Hall–Kier alpha value is -1.75. The summed E-state index contributed by atoms with van der Waals surface area (Å²) in [5, 5.41) is 3.58. The van der Waals surface area contributed by atoms with Crippen molar-refractivity contribution in [1.29, 1.82) is 0 Å². The first kappa shape index (κ1) is 14.2. The molecule has 1 saturated heterocycles. The number of para-hydroxylation sites is 1. The molecule has 110 valence electrons. The lowest BCUT2D eigenvalue weighted by Crippen LogP contribution is -2.21. The van der Waals surface area contributed by atoms with Gasteiger partial charge in [0, 0.05) is 5.56 Å². The predicted molar refractivity (Wildman–Crippen MR) is 86.4 cm³/mol. The van der Waals surface area contributed by atoms with E-state index in [2.05, 4.69) is 10.3 Å². The Bertz CT molecular complexity index is 604. The minimum absolute atomic E-state index is 0.0809. The number of thioether (sulfide) groups is 1. The maximum atomic E-state index is 12.0. The third-order valence-electron chi connectivity index (χ3n) is 3.70. The summed E-state index contributed by atoms with van der Waals surface area (Å²) in [7, 11) is 1.63. The zero-order valence-corrected chi connectivity index (χ0v) is 12.8. The summed E-state index contributed by atoms with van der Waals surface area (Å²) in [6, 6.07) is 8.04. The molecule has 0 bridgehead atoms. The van der Waals surface area contributed by atoms with Crippen molar-refractivity contribution in [1.82, 2.24) is 5.32 Å². The van der Waals surface area contributed by atoms with E-state index in [4.69, 9.17) is 4.74 Å². The number of nitrogens with one attached hydrogen (secondary N) is 1. The number of amidine groups is 1. The number of rotatable bonds is 3. The van der Waals surface area contributed by atoms with E-state index in [0.717, 1.165) is 29.3 Å². The van der Waals surface area contributed by atoms with Crippen LogP contribution in [0.3, 0.4) is 0 Å². The first-order chi connectivity index (χ1) is 10.3. The van der Waals surface area contributed by atoms with Crippen LogP contribution in [-0.2, 0) is 4.79 Å². The minimum atomic E-state index is -0.0809. The van der Waals surface area contributed by atoms with Gasteiger partial charge in [-0.25, -0.2) is 0 Å². The molecule has 1 aliphatic carbocycles. The number of carbonyl (C=O) groups is 1. The van der Waals surface area contributed by atoms with E-state index in [-0.39, 0.29) is 5.91 Å². The summed E-state index contributed by atoms with van der Waals surface area (Å²) in [6.45, 7) is 0. The lowest BCUT2D eigenvalue weighted by Gasteiger charge is -2.04. The van der Waals surface area contributed by atoms with Crippen molar-refractivity contribution in [3.63, 3.8) is 0 Å². The Morgan fingerprint density at radius 1 is 1.33 bits per heavy atom. The second-order valence-corrected chi connectivity index (χ2v) is 6.21. The van der Waals surface area contributed by atoms with Crippen LogP contribution < -0.4 is 10.1 Å². The molecule has 5 heteroatoms. The van der Waals surface area contributed by atoms with E-state index in [9.17, 15) is 4.79 Å². The lowest BCUT2D eigenvalue weighted by atomic mass is 10.2. The fourth-order valence-electron chi connectivity index (χ4n) is 2.61. The van der Waals surface area contributed by atoms with Crippen molar-refractivity contribution in [2.24, 2.45) is 4.99 Å². The number of carbonyl (C=O) groups excluding carboxylic acids is 1. The van der Waals surface area contributed by atoms with Crippen LogP contribution in [0.2, 0.25) is 0 Å². The van der Waals surface area contributed by atoms with Gasteiger partial charge < -0.3 is 10.1 Å². The van der Waals surface area contributed by atoms with Crippen LogP contribution in [0.4, 0.5) is 0 Å². The third kappa shape index (κ3) is 3.29. The van der Waals surface area contributed by atoms with Gasteiger partial charge in [0.15, 0.2) is 5.17 Å². The molecule has 1 aromatic carbocycles. The van der Waals surface area contributed by atoms with E-state index >= 15 is 0 Å². The molecule has 0 spiro atoms. The highest BCUT2D eigenvalue weighted by molar-refractivity contribution is 8.18. The summed E-state index contributed by atoms with van der Waals surface area (Å²) >= 11 is 1.41. The highest BCUT2D eigenvalue weighted by Gasteiger charge is 2.25. The van der Waals surface area contributed by atoms with E-state index in [1.807, 2.05) is 30.3 Å². The van der Waals surface area contributed by atoms with Gasteiger partial charge in [0.25, 0.3) is 5.91 Å². The van der Waals surface area contributed by atoms with Gasteiger partial charge in [-0.3, -0.25) is 9.79 Å². The van der Waals surface area contributed by atoms with E-state index in [0.29, 0.717) is 10.9 Å². The van der Waals surface area contributed by atoms with E-state index in [1.54, 1.807) is 7.11 Å². The molecule has 0 atom stereocenters. The molecule has 1 N–H and O–H groups in total. The van der Waals surface area contributed by atoms with Gasteiger partial charge in [-0.2, -0.15) is 0 Å². The van der Waals surface area contributed by atoms with Crippen LogP contribution in [0.15, 0.2) is 34.2 Å². The number of nitrogens with zero attached hydrogens (tertiary/aromatic N) is 1. The molecular formula is C16H18N2O2S. The summed E-state index contributed by atoms with van der Waals surface area (Å²) in [5.41, 5.74) is 0.903. The van der Waals surface area contributed by atoms with Gasteiger partial charge in [0.1, 0.15) is 5.75 Å². The van der Waals surface area contributed by atoms with Crippen molar-refractivity contribution in [3.05, 3.63) is 34.7 Å². The number of benzene rings is 1. The monoisotopic (exact) mass is 302 g/mol. The Morgan fingerprint density at radius 3 is 2.86 bits per heavy atom. The smallest absolute Gasteiger partial charge is 0.264 e. The molecule has 0 unspecified atom stereocenters. The lowest BCUT2D eigenvalue weighted by molar-refractivity contribution is -0.115. The van der Waals surface area contributed by atoms with Gasteiger partial charge >= 0.3 is 0 Å². The van der Waals surface area contributed by atoms with Gasteiger partial charge in [-0.05, 0) is 36.7 Å². The predicted octanol–water partition coefficient (Wildman–Crippen LogP) is 3.20. The van der Waals surface area contributed by atoms with Crippen LogP contribution in [0.1, 0.15) is 31.2 Å². The van der Waals surface area contributed by atoms with Crippen LogP contribution in [0.25, 0.3) is 6.08 Å². The zero-order chi connectivity index (χ0) is 14.7. The van der Waals surface area contributed by atoms with Crippen LogP contribution >= 0.6 is 11.8 Å². The van der Waals surface area contributed by atoms with Crippen LogP contribution in [0, 0.1) is 0 Å². The molecule has 1 aromatic rings. The second kappa shape index (κ2) is 6.35. The molecule has 1 aliphatic heterocycles. The Kier molecular flexibility index (Phi) is 4.29. The zero-order valence-electron chi connectivity index (χ0n) is 12.0. The number of hydrogen-bond donors (Lipinski definition) is 1. The molecule has 4 nitrogen and oxygen atoms in total. The quantitative estimate of drug-likeness (QED) is 0.872. The molecule has 1 saturated carbocycles. The maximum Gasteiger partial charge on any atom is 0.264 e. The second-order valence-electron chi connectivity index (χ2n) is 5.18. The average Bonchev–Trinajstić information content (AvgIpc) is 3.11. The fourth-order valence-corrected chi connectivity index (χ4v) is 3.50. The molecule has 1 heterocycles. The molecule has 21 heavy (non-hydrogen) atoms. The molecule has 0 radical (unpaired) electrons. The number of aliphatic imine (C=N–C) groups is 1. The molecule has 2 fully saturated rings. The topological polar surface area (TPSA) is 50.7 Å². The molecule has 2 aliphatic rings. The van der Waals surface area contributed by atoms with E-state index < -0.39 is 0 Å². The average molecular weight is 302 g/mol.